The number of halogens is 2. The lowest BCUT2D eigenvalue weighted by molar-refractivity contribution is 0.262. The molecule has 2 amide bonds. The van der Waals surface area contributed by atoms with Gasteiger partial charge in [0.1, 0.15) is 0 Å². The van der Waals surface area contributed by atoms with Gasteiger partial charge in [-0.3, -0.25) is 0 Å². The SMILES string of the molecule is Nc1ccc(Br)c(NC(=O)Nc2cccc(Cl)c2)c1. The average Bonchev–Trinajstić information content (AvgIpc) is 2.34. The first-order chi connectivity index (χ1) is 9.04. The summed E-state index contributed by atoms with van der Waals surface area (Å²) in [6.45, 7) is 0. The Morgan fingerprint density at radius 2 is 1.95 bits per heavy atom. The van der Waals surface area contributed by atoms with Crippen molar-refractivity contribution in [3.05, 3.63) is 52.0 Å². The molecule has 0 saturated heterocycles. The summed E-state index contributed by atoms with van der Waals surface area (Å²) in [6, 6.07) is 11.7. The third-order valence-corrected chi connectivity index (χ3v) is 3.25. The van der Waals surface area contributed by atoms with E-state index in [1.54, 1.807) is 42.5 Å². The van der Waals surface area contributed by atoms with Gasteiger partial charge in [-0.25, -0.2) is 4.79 Å². The molecule has 19 heavy (non-hydrogen) atoms. The van der Waals surface area contributed by atoms with Gasteiger partial charge in [0.2, 0.25) is 0 Å². The molecule has 2 aromatic carbocycles. The molecule has 0 saturated carbocycles. The fourth-order valence-electron chi connectivity index (χ4n) is 1.49. The van der Waals surface area contributed by atoms with Crippen LogP contribution < -0.4 is 16.4 Å². The summed E-state index contributed by atoms with van der Waals surface area (Å²) in [5.74, 6) is 0. The Bertz CT molecular complexity index is 619. The van der Waals surface area contributed by atoms with E-state index in [4.69, 9.17) is 17.3 Å². The lowest BCUT2D eigenvalue weighted by Crippen LogP contribution is -2.19. The average molecular weight is 341 g/mol. The van der Waals surface area contributed by atoms with Gasteiger partial charge in [0.15, 0.2) is 0 Å². The number of benzene rings is 2. The molecule has 2 rings (SSSR count). The van der Waals surface area contributed by atoms with Gasteiger partial charge in [0.05, 0.1) is 5.69 Å². The molecule has 4 N–H and O–H groups in total. The highest BCUT2D eigenvalue weighted by Crippen LogP contribution is 2.25. The van der Waals surface area contributed by atoms with E-state index in [9.17, 15) is 4.79 Å². The van der Waals surface area contributed by atoms with Crippen LogP contribution in [-0.4, -0.2) is 6.03 Å². The van der Waals surface area contributed by atoms with E-state index in [2.05, 4.69) is 26.6 Å². The first-order valence-corrected chi connectivity index (χ1v) is 6.60. The maximum atomic E-state index is 11.8. The molecule has 0 aromatic heterocycles. The molecule has 0 unspecified atom stereocenters. The fraction of sp³-hybridized carbons (Fsp3) is 0. The van der Waals surface area contributed by atoms with Gasteiger partial charge < -0.3 is 16.4 Å². The van der Waals surface area contributed by atoms with Crippen molar-refractivity contribution in [1.29, 1.82) is 0 Å². The van der Waals surface area contributed by atoms with E-state index in [1.807, 2.05) is 0 Å². The Morgan fingerprint density at radius 3 is 2.68 bits per heavy atom. The molecular weight excluding hydrogens is 330 g/mol. The van der Waals surface area contributed by atoms with Gasteiger partial charge in [0.25, 0.3) is 0 Å². The molecule has 0 radical (unpaired) electrons. The highest BCUT2D eigenvalue weighted by Gasteiger charge is 2.06. The van der Waals surface area contributed by atoms with Crippen LogP contribution in [0.25, 0.3) is 0 Å². The molecule has 0 aliphatic heterocycles. The summed E-state index contributed by atoms with van der Waals surface area (Å²) in [5, 5.41) is 5.94. The minimum atomic E-state index is -0.367. The van der Waals surface area contributed by atoms with Gasteiger partial charge in [-0.15, -0.1) is 0 Å². The Morgan fingerprint density at radius 1 is 1.16 bits per heavy atom. The molecule has 4 nitrogen and oxygen atoms in total. The zero-order chi connectivity index (χ0) is 13.8. The topological polar surface area (TPSA) is 67.1 Å². The smallest absolute Gasteiger partial charge is 0.323 e. The molecule has 0 heterocycles. The number of nitrogens with two attached hydrogens (primary N) is 1. The second-order valence-corrected chi connectivity index (χ2v) is 5.12. The monoisotopic (exact) mass is 339 g/mol. The standard InChI is InChI=1S/C13H11BrClN3O/c14-11-5-4-9(16)7-12(11)18-13(19)17-10-3-1-2-8(15)6-10/h1-7H,16H2,(H2,17,18,19). The zero-order valence-electron chi connectivity index (χ0n) is 9.78. The van der Waals surface area contributed by atoms with Crippen molar-refractivity contribution in [2.75, 3.05) is 16.4 Å². The summed E-state index contributed by atoms with van der Waals surface area (Å²) < 4.78 is 0.753. The molecule has 0 aliphatic carbocycles. The van der Waals surface area contributed by atoms with E-state index >= 15 is 0 Å². The number of hydrogen-bond donors (Lipinski definition) is 3. The van der Waals surface area contributed by atoms with E-state index in [1.165, 1.54) is 0 Å². The molecule has 0 aliphatic rings. The van der Waals surface area contributed by atoms with Gasteiger partial charge in [0, 0.05) is 20.9 Å². The molecule has 2 aromatic rings. The molecule has 98 valence electrons. The van der Waals surface area contributed by atoms with Crippen LogP contribution in [0.3, 0.4) is 0 Å². The minimum Gasteiger partial charge on any atom is -0.399 e. The quantitative estimate of drug-likeness (QED) is 0.712. The number of anilines is 3. The second kappa shape index (κ2) is 5.95. The predicted molar refractivity (Wildman–Crippen MR) is 82.6 cm³/mol. The number of hydrogen-bond acceptors (Lipinski definition) is 2. The summed E-state index contributed by atoms with van der Waals surface area (Å²) in [5.41, 5.74) is 7.45. The number of rotatable bonds is 2. The summed E-state index contributed by atoms with van der Waals surface area (Å²) in [6.07, 6.45) is 0. The van der Waals surface area contributed by atoms with Gasteiger partial charge in [-0.2, -0.15) is 0 Å². The maximum Gasteiger partial charge on any atom is 0.323 e. The van der Waals surface area contributed by atoms with E-state index in [0.717, 1.165) is 4.47 Å². The lowest BCUT2D eigenvalue weighted by atomic mass is 10.3. The van der Waals surface area contributed by atoms with Crippen LogP contribution in [0.1, 0.15) is 0 Å². The molecule has 0 fully saturated rings. The lowest BCUT2D eigenvalue weighted by Gasteiger charge is -2.10. The fourth-order valence-corrected chi connectivity index (χ4v) is 2.03. The number of nitrogens with one attached hydrogen (secondary N) is 2. The highest BCUT2D eigenvalue weighted by atomic mass is 79.9. The number of nitrogen functional groups attached to an aromatic ring is 1. The highest BCUT2D eigenvalue weighted by molar-refractivity contribution is 9.10. The van der Waals surface area contributed by atoms with Crippen molar-refractivity contribution in [3.63, 3.8) is 0 Å². The number of amides is 2. The Hall–Kier alpha value is -1.72. The van der Waals surface area contributed by atoms with Crippen molar-refractivity contribution in [1.82, 2.24) is 0 Å². The van der Waals surface area contributed by atoms with Crippen molar-refractivity contribution in [2.24, 2.45) is 0 Å². The predicted octanol–water partition coefficient (Wildman–Crippen LogP) is 4.33. The van der Waals surface area contributed by atoms with Crippen LogP contribution >= 0.6 is 27.5 Å². The molecule has 0 bridgehead atoms. The van der Waals surface area contributed by atoms with Crippen molar-refractivity contribution in [2.45, 2.75) is 0 Å². The minimum absolute atomic E-state index is 0.367. The van der Waals surface area contributed by atoms with Crippen LogP contribution in [0.4, 0.5) is 21.9 Å². The Kier molecular flexibility index (Phi) is 4.29. The molecular formula is C13H11BrClN3O. The van der Waals surface area contributed by atoms with Crippen molar-refractivity contribution in [3.8, 4) is 0 Å². The van der Waals surface area contributed by atoms with Gasteiger partial charge >= 0.3 is 6.03 Å². The normalized spacial score (nSPS) is 10.0. The third-order valence-electron chi connectivity index (χ3n) is 2.32. The number of carbonyl (C=O) groups is 1. The summed E-state index contributed by atoms with van der Waals surface area (Å²) in [7, 11) is 0. The van der Waals surface area contributed by atoms with Crippen molar-refractivity contribution >= 4 is 50.6 Å². The first kappa shape index (κ1) is 13.7. The molecule has 0 spiro atoms. The van der Waals surface area contributed by atoms with E-state index in [-0.39, 0.29) is 6.03 Å². The van der Waals surface area contributed by atoms with Crippen LogP contribution in [0, 0.1) is 0 Å². The van der Waals surface area contributed by atoms with E-state index < -0.39 is 0 Å². The number of urea groups is 1. The Labute approximate surface area is 124 Å². The number of carbonyl (C=O) groups excluding carboxylic acids is 1. The van der Waals surface area contributed by atoms with Gasteiger partial charge in [-0.1, -0.05) is 17.7 Å². The summed E-state index contributed by atoms with van der Waals surface area (Å²) >= 11 is 9.18. The first-order valence-electron chi connectivity index (χ1n) is 5.43. The molecule has 6 heteroatoms. The van der Waals surface area contributed by atoms with Crippen LogP contribution in [0.2, 0.25) is 5.02 Å². The second-order valence-electron chi connectivity index (χ2n) is 3.83. The van der Waals surface area contributed by atoms with Crippen molar-refractivity contribution < 1.29 is 4.79 Å². The third kappa shape index (κ3) is 3.87. The van der Waals surface area contributed by atoms with Crippen LogP contribution in [-0.2, 0) is 0 Å². The Balaban J connectivity index is 2.07. The van der Waals surface area contributed by atoms with E-state index in [0.29, 0.717) is 22.1 Å². The van der Waals surface area contributed by atoms with Crippen LogP contribution in [0.5, 0.6) is 0 Å². The maximum absolute atomic E-state index is 11.8. The van der Waals surface area contributed by atoms with Crippen LogP contribution in [0.15, 0.2) is 46.9 Å². The van der Waals surface area contributed by atoms with Gasteiger partial charge in [-0.05, 0) is 52.3 Å². The largest absolute Gasteiger partial charge is 0.399 e. The molecule has 0 atom stereocenters. The summed E-state index contributed by atoms with van der Waals surface area (Å²) in [4.78, 5) is 11.8. The zero-order valence-corrected chi connectivity index (χ0v) is 12.1.